The number of nitrogens with zero attached hydrogens (tertiary/aromatic N) is 3. The van der Waals surface area contributed by atoms with Crippen molar-refractivity contribution in [3.05, 3.63) is 52.3 Å². The molecule has 204 valence electrons. The molecular weight excluding hydrogens is 491 g/mol. The van der Waals surface area contributed by atoms with Gasteiger partial charge in [-0.15, -0.1) is 0 Å². The van der Waals surface area contributed by atoms with Crippen LogP contribution in [0.4, 0.5) is 30.4 Å². The average molecular weight is 528 g/mol. The van der Waals surface area contributed by atoms with Gasteiger partial charge in [-0.25, -0.2) is 9.97 Å². The molecule has 38 heavy (non-hydrogen) atoms. The van der Waals surface area contributed by atoms with Crippen molar-refractivity contribution in [3.63, 3.8) is 0 Å². The molecule has 9 heteroatoms. The molecule has 0 amide bonds. The predicted molar refractivity (Wildman–Crippen MR) is 145 cm³/mol. The first kappa shape index (κ1) is 26.5. The van der Waals surface area contributed by atoms with Crippen LogP contribution in [0.3, 0.4) is 0 Å². The molecule has 5 rings (SSSR count). The molecule has 1 aromatic heterocycles. The summed E-state index contributed by atoms with van der Waals surface area (Å²) in [6.45, 7) is 9.15. The first-order chi connectivity index (χ1) is 17.8. The van der Waals surface area contributed by atoms with Gasteiger partial charge in [-0.2, -0.15) is 13.2 Å². The Kier molecular flexibility index (Phi) is 6.70. The molecular formula is C29H36F3N5O. The minimum absolute atomic E-state index is 0.0711. The van der Waals surface area contributed by atoms with Crippen LogP contribution in [0.5, 0.6) is 0 Å². The van der Waals surface area contributed by atoms with E-state index in [1.807, 2.05) is 27.7 Å². The molecule has 1 aliphatic carbocycles. The Morgan fingerprint density at radius 1 is 1.05 bits per heavy atom. The topological polar surface area (TPSA) is 87.3 Å². The molecule has 2 aromatic carbocycles. The summed E-state index contributed by atoms with van der Waals surface area (Å²) in [6, 6.07) is 5.35. The van der Waals surface area contributed by atoms with E-state index < -0.39 is 23.4 Å². The van der Waals surface area contributed by atoms with Crippen molar-refractivity contribution in [3.8, 4) is 0 Å². The lowest BCUT2D eigenvalue weighted by molar-refractivity contribution is -0.137. The van der Waals surface area contributed by atoms with Crippen LogP contribution in [0, 0.1) is 12.8 Å². The highest BCUT2D eigenvalue weighted by atomic mass is 19.4. The third-order valence-electron chi connectivity index (χ3n) is 8.14. The lowest BCUT2D eigenvalue weighted by atomic mass is 9.83. The van der Waals surface area contributed by atoms with Crippen LogP contribution in [-0.2, 0) is 19.0 Å². The fraction of sp³-hybridized carbons (Fsp3) is 0.517. The maximum atomic E-state index is 13.4. The average Bonchev–Trinajstić information content (AvgIpc) is 3.33. The van der Waals surface area contributed by atoms with Gasteiger partial charge in [0.15, 0.2) is 0 Å². The number of nitrogens with one attached hydrogen (secondary N) is 1. The molecule has 6 nitrogen and oxygen atoms in total. The minimum atomic E-state index is -4.48. The zero-order chi connectivity index (χ0) is 27.4. The smallest absolute Gasteiger partial charge is 0.399 e. The Balaban J connectivity index is 1.53. The number of aliphatic hydroxyl groups is 1. The van der Waals surface area contributed by atoms with Crippen molar-refractivity contribution in [1.29, 1.82) is 0 Å². The summed E-state index contributed by atoms with van der Waals surface area (Å²) >= 11 is 0. The van der Waals surface area contributed by atoms with Gasteiger partial charge in [-0.3, -0.25) is 0 Å². The number of hydrogen-bond donors (Lipinski definition) is 3. The molecule has 0 radical (unpaired) electrons. The van der Waals surface area contributed by atoms with E-state index in [4.69, 9.17) is 10.7 Å². The van der Waals surface area contributed by atoms with Gasteiger partial charge < -0.3 is 21.1 Å². The van der Waals surface area contributed by atoms with Gasteiger partial charge in [0.1, 0.15) is 11.6 Å². The van der Waals surface area contributed by atoms with Crippen LogP contribution in [0.15, 0.2) is 24.3 Å². The first-order valence-corrected chi connectivity index (χ1v) is 13.4. The zero-order valence-electron chi connectivity index (χ0n) is 22.4. The highest BCUT2D eigenvalue weighted by Gasteiger charge is 2.33. The summed E-state index contributed by atoms with van der Waals surface area (Å²) in [7, 11) is 0. The van der Waals surface area contributed by atoms with Crippen LogP contribution >= 0.6 is 0 Å². The van der Waals surface area contributed by atoms with Crippen LogP contribution in [0.25, 0.3) is 10.9 Å². The second-order valence-electron chi connectivity index (χ2n) is 11.4. The third kappa shape index (κ3) is 5.13. The van der Waals surface area contributed by atoms with Gasteiger partial charge in [-0.05, 0) is 107 Å². The number of nitrogens with two attached hydrogens (primary N) is 1. The lowest BCUT2D eigenvalue weighted by Crippen LogP contribution is -2.42. The number of piperidine rings is 1. The van der Waals surface area contributed by atoms with E-state index in [0.717, 1.165) is 68.2 Å². The first-order valence-electron chi connectivity index (χ1n) is 13.4. The van der Waals surface area contributed by atoms with Crippen molar-refractivity contribution in [2.75, 3.05) is 29.0 Å². The van der Waals surface area contributed by atoms with Gasteiger partial charge in [0, 0.05) is 29.9 Å². The van der Waals surface area contributed by atoms with E-state index in [1.54, 1.807) is 6.07 Å². The van der Waals surface area contributed by atoms with Crippen molar-refractivity contribution in [2.24, 2.45) is 5.92 Å². The molecule has 3 aromatic rings. The summed E-state index contributed by atoms with van der Waals surface area (Å²) in [5.74, 6) is 1.48. The summed E-state index contributed by atoms with van der Waals surface area (Å²) in [5.41, 5.74) is 9.56. The number of aromatic nitrogens is 2. The number of fused-ring (bicyclic) bond motifs is 3. The molecule has 1 saturated heterocycles. The quantitative estimate of drug-likeness (QED) is 0.343. The lowest BCUT2D eigenvalue weighted by Gasteiger charge is -2.39. The molecule has 0 spiro atoms. The number of benzene rings is 2. The monoisotopic (exact) mass is 527 g/mol. The number of rotatable bonds is 5. The largest absolute Gasteiger partial charge is 0.416 e. The van der Waals surface area contributed by atoms with Gasteiger partial charge in [0.2, 0.25) is 0 Å². The third-order valence-corrected chi connectivity index (χ3v) is 8.14. The summed E-state index contributed by atoms with van der Waals surface area (Å²) < 4.78 is 40.3. The number of alkyl halides is 3. The van der Waals surface area contributed by atoms with E-state index >= 15 is 0 Å². The van der Waals surface area contributed by atoms with Crippen molar-refractivity contribution in [2.45, 2.75) is 77.6 Å². The summed E-state index contributed by atoms with van der Waals surface area (Å²) in [6.07, 6.45) is 0.357. The van der Waals surface area contributed by atoms with Crippen molar-refractivity contribution < 1.29 is 18.3 Å². The second kappa shape index (κ2) is 9.59. The highest BCUT2D eigenvalue weighted by molar-refractivity contribution is 5.96. The Morgan fingerprint density at radius 2 is 1.74 bits per heavy atom. The van der Waals surface area contributed by atoms with Crippen LogP contribution in [-0.4, -0.2) is 33.8 Å². The fourth-order valence-corrected chi connectivity index (χ4v) is 6.06. The van der Waals surface area contributed by atoms with E-state index in [-0.39, 0.29) is 11.6 Å². The normalized spacial score (nSPS) is 17.6. The molecule has 2 aliphatic rings. The maximum absolute atomic E-state index is 13.4. The molecule has 2 heterocycles. The fourth-order valence-electron chi connectivity index (χ4n) is 6.06. The molecule has 1 unspecified atom stereocenters. The second-order valence-corrected chi connectivity index (χ2v) is 11.4. The van der Waals surface area contributed by atoms with E-state index in [2.05, 4.69) is 21.3 Å². The molecule has 4 N–H and O–H groups in total. The Bertz CT molecular complexity index is 1360. The molecule has 0 saturated carbocycles. The van der Waals surface area contributed by atoms with E-state index in [9.17, 15) is 18.3 Å². The Labute approximate surface area is 221 Å². The highest BCUT2D eigenvalue weighted by Crippen LogP contribution is 2.41. The predicted octanol–water partition coefficient (Wildman–Crippen LogP) is 6.19. The molecule has 1 fully saturated rings. The van der Waals surface area contributed by atoms with E-state index in [0.29, 0.717) is 17.2 Å². The minimum Gasteiger partial charge on any atom is -0.399 e. The summed E-state index contributed by atoms with van der Waals surface area (Å²) in [5, 5.41) is 14.7. The van der Waals surface area contributed by atoms with Gasteiger partial charge >= 0.3 is 6.18 Å². The standard InChI is InChI=1S/C29H36F3N5O/c1-16(18-12-20(29(30,31)32)14-21(33)13-18)34-27-24-15-25(37-10-8-19(9-11-37)28(3,4)38)22-6-5-7-23(22)26(24)35-17(2)36-27/h12-16,19,38H,5-11,33H2,1-4H3,(H,34,35,36). The van der Waals surface area contributed by atoms with Crippen LogP contribution < -0.4 is 16.0 Å². The maximum Gasteiger partial charge on any atom is 0.416 e. The number of aryl methyl sites for hydroxylation is 2. The molecule has 0 bridgehead atoms. The van der Waals surface area contributed by atoms with Crippen LogP contribution in [0.1, 0.15) is 74.2 Å². The molecule has 1 atom stereocenters. The Morgan fingerprint density at radius 3 is 2.39 bits per heavy atom. The SMILES string of the molecule is Cc1nc(NC(C)c2cc(N)cc(C(F)(F)F)c2)c2cc(N3CCC(C(C)(C)O)CC3)c3c(c2n1)CCC3. The van der Waals surface area contributed by atoms with Crippen LogP contribution in [0.2, 0.25) is 0 Å². The molecule has 1 aliphatic heterocycles. The van der Waals surface area contributed by atoms with Gasteiger partial charge in [0.25, 0.3) is 0 Å². The number of halogens is 3. The number of nitrogen functional groups attached to an aromatic ring is 1. The van der Waals surface area contributed by atoms with Gasteiger partial charge in [0.05, 0.1) is 22.7 Å². The van der Waals surface area contributed by atoms with Crippen molar-refractivity contribution >= 4 is 28.1 Å². The number of hydrogen-bond acceptors (Lipinski definition) is 6. The zero-order valence-corrected chi connectivity index (χ0v) is 22.4. The van der Waals surface area contributed by atoms with Crippen molar-refractivity contribution in [1.82, 2.24) is 9.97 Å². The van der Waals surface area contributed by atoms with E-state index in [1.165, 1.54) is 16.8 Å². The van der Waals surface area contributed by atoms with Gasteiger partial charge in [-0.1, -0.05) is 0 Å². The Hall–Kier alpha value is -3.07. The number of anilines is 3. The summed E-state index contributed by atoms with van der Waals surface area (Å²) in [4.78, 5) is 11.9.